The Kier molecular flexibility index (Phi) is 9.29. The van der Waals surface area contributed by atoms with Crippen LogP contribution in [0.2, 0.25) is 5.04 Å². The molecule has 0 aliphatic heterocycles. The first-order valence-corrected chi connectivity index (χ1v) is 14.3. The van der Waals surface area contributed by atoms with Gasteiger partial charge >= 0.3 is 0 Å². The van der Waals surface area contributed by atoms with Crippen molar-refractivity contribution < 1.29 is 8.63 Å². The lowest BCUT2D eigenvalue weighted by Crippen LogP contribution is -2.66. The molecule has 0 bridgehead atoms. The van der Waals surface area contributed by atoms with Crippen LogP contribution in [-0.2, 0) is 15.4 Å². The standard InChI is InChI=1S/C28H37NO2SSi/c1-9-22-29(32(30)27(3,4)5)24(10-2)21-23-31-33(28(6,7)8,25-17-13-11-14-18-25)26-19-15-12-16-20-26/h1-2,11-20,24H,21-23H2,3-8H3/t24-,32?/m0/s1. The molecule has 0 radical (unpaired) electrons. The summed E-state index contributed by atoms with van der Waals surface area (Å²) < 4.78 is 21.4. The van der Waals surface area contributed by atoms with Gasteiger partial charge in [-0.05, 0) is 42.6 Å². The van der Waals surface area contributed by atoms with Crippen molar-refractivity contribution in [1.29, 1.82) is 0 Å². The third-order valence-corrected chi connectivity index (χ3v) is 12.6. The predicted octanol–water partition coefficient (Wildman–Crippen LogP) is 4.35. The highest BCUT2D eigenvalue weighted by Gasteiger charge is 2.50. The lowest BCUT2D eigenvalue weighted by molar-refractivity contribution is 0.262. The zero-order valence-corrected chi connectivity index (χ0v) is 22.6. The molecule has 0 saturated carbocycles. The summed E-state index contributed by atoms with van der Waals surface area (Å²) in [6, 6.07) is 20.6. The van der Waals surface area contributed by atoms with Gasteiger partial charge in [0.25, 0.3) is 8.32 Å². The molecule has 0 saturated heterocycles. The Hall–Kier alpha value is -2.15. The van der Waals surface area contributed by atoms with Crippen LogP contribution in [0.15, 0.2) is 60.7 Å². The van der Waals surface area contributed by atoms with Gasteiger partial charge in [-0.1, -0.05) is 93.3 Å². The zero-order chi connectivity index (χ0) is 24.7. The second-order valence-corrected chi connectivity index (χ2v) is 16.6. The Morgan fingerprint density at radius 3 is 1.79 bits per heavy atom. The predicted molar refractivity (Wildman–Crippen MR) is 144 cm³/mol. The second kappa shape index (κ2) is 11.3. The fourth-order valence-corrected chi connectivity index (χ4v) is 9.99. The lowest BCUT2D eigenvalue weighted by Gasteiger charge is -2.43. The van der Waals surface area contributed by atoms with Crippen molar-refractivity contribution in [3.05, 3.63) is 60.7 Å². The Balaban J connectivity index is 2.41. The Morgan fingerprint density at radius 1 is 0.939 bits per heavy atom. The molecule has 0 aliphatic rings. The Morgan fingerprint density at radius 2 is 1.42 bits per heavy atom. The number of nitrogens with zero attached hydrogens (tertiary/aromatic N) is 1. The van der Waals surface area contributed by atoms with Crippen LogP contribution in [0.3, 0.4) is 0 Å². The van der Waals surface area contributed by atoms with Crippen molar-refractivity contribution in [2.75, 3.05) is 13.2 Å². The molecule has 0 heterocycles. The van der Waals surface area contributed by atoms with Crippen LogP contribution >= 0.6 is 0 Å². The first kappa shape index (κ1) is 27.1. The number of hydrogen-bond acceptors (Lipinski definition) is 2. The lowest BCUT2D eigenvalue weighted by atomic mass is 10.2. The summed E-state index contributed by atoms with van der Waals surface area (Å²) in [5.74, 6) is 5.44. The number of hydrogen-bond donors (Lipinski definition) is 0. The van der Waals surface area contributed by atoms with E-state index in [1.807, 2.05) is 32.9 Å². The van der Waals surface area contributed by atoms with Gasteiger partial charge in [-0.25, -0.2) is 4.21 Å². The van der Waals surface area contributed by atoms with Gasteiger partial charge in [-0.15, -0.1) is 12.8 Å². The molecule has 2 aromatic rings. The highest BCUT2D eigenvalue weighted by atomic mass is 32.2. The van der Waals surface area contributed by atoms with E-state index in [2.05, 4.69) is 81.1 Å². The molecule has 2 aromatic carbocycles. The van der Waals surface area contributed by atoms with E-state index in [4.69, 9.17) is 17.3 Å². The van der Waals surface area contributed by atoms with Crippen molar-refractivity contribution in [3.8, 4) is 24.7 Å². The van der Waals surface area contributed by atoms with Crippen LogP contribution in [0.5, 0.6) is 0 Å². The van der Waals surface area contributed by atoms with E-state index in [1.165, 1.54) is 10.4 Å². The summed E-state index contributed by atoms with van der Waals surface area (Å²) in [5, 5.41) is 2.33. The van der Waals surface area contributed by atoms with Gasteiger partial charge in [0.15, 0.2) is 0 Å². The third kappa shape index (κ3) is 6.25. The van der Waals surface area contributed by atoms with E-state index in [9.17, 15) is 4.21 Å². The van der Waals surface area contributed by atoms with Crippen LogP contribution < -0.4 is 10.4 Å². The van der Waals surface area contributed by atoms with Crippen LogP contribution in [0, 0.1) is 24.7 Å². The molecule has 1 unspecified atom stereocenters. The highest BCUT2D eigenvalue weighted by Crippen LogP contribution is 2.37. The summed E-state index contributed by atoms with van der Waals surface area (Å²) in [7, 11) is -3.96. The van der Waals surface area contributed by atoms with Gasteiger partial charge in [-0.3, -0.25) is 0 Å². The normalized spacial score (nSPS) is 14.3. The van der Waals surface area contributed by atoms with Gasteiger partial charge in [0.05, 0.1) is 17.3 Å². The molecule has 5 heteroatoms. The maximum Gasteiger partial charge on any atom is 0.261 e. The third-order valence-electron chi connectivity index (χ3n) is 5.65. The molecule has 33 heavy (non-hydrogen) atoms. The Bertz CT molecular complexity index is 955. The van der Waals surface area contributed by atoms with E-state index in [0.717, 1.165) is 0 Å². The molecule has 0 fully saturated rings. The van der Waals surface area contributed by atoms with Crippen molar-refractivity contribution in [3.63, 3.8) is 0 Å². The number of rotatable bonds is 9. The maximum atomic E-state index is 13.1. The molecular weight excluding hydrogens is 442 g/mol. The van der Waals surface area contributed by atoms with E-state index in [0.29, 0.717) is 13.0 Å². The van der Waals surface area contributed by atoms with Crippen molar-refractivity contribution in [2.45, 2.75) is 63.8 Å². The smallest absolute Gasteiger partial charge is 0.261 e. The fourth-order valence-electron chi connectivity index (χ4n) is 4.12. The van der Waals surface area contributed by atoms with Crippen molar-refractivity contribution in [1.82, 2.24) is 4.31 Å². The molecule has 0 amide bonds. The van der Waals surface area contributed by atoms with Crippen molar-refractivity contribution >= 4 is 29.7 Å². The largest absolute Gasteiger partial charge is 0.407 e. The van der Waals surface area contributed by atoms with Crippen LogP contribution in [0.25, 0.3) is 0 Å². The SMILES string of the molecule is C#CCN([C@@H](C#C)CCO[Si](c1ccccc1)(c1ccccc1)C(C)(C)C)S(=O)C(C)(C)C. The maximum absolute atomic E-state index is 13.1. The molecule has 0 aliphatic carbocycles. The van der Waals surface area contributed by atoms with E-state index >= 15 is 0 Å². The van der Waals surface area contributed by atoms with Gasteiger partial charge in [0, 0.05) is 6.61 Å². The minimum absolute atomic E-state index is 0.117. The Labute approximate surface area is 204 Å². The molecule has 2 atom stereocenters. The summed E-state index contributed by atoms with van der Waals surface area (Å²) >= 11 is 0. The molecule has 0 spiro atoms. The van der Waals surface area contributed by atoms with Gasteiger partial charge in [0.2, 0.25) is 0 Å². The van der Waals surface area contributed by atoms with Crippen LogP contribution in [-0.4, -0.2) is 40.8 Å². The molecule has 0 aromatic heterocycles. The molecular formula is C28H37NO2SSi. The molecule has 0 N–H and O–H groups in total. The summed E-state index contributed by atoms with van der Waals surface area (Å²) in [6.07, 6.45) is 12.0. The van der Waals surface area contributed by atoms with E-state index in [1.54, 1.807) is 4.31 Å². The van der Waals surface area contributed by atoms with E-state index in [-0.39, 0.29) is 17.6 Å². The van der Waals surface area contributed by atoms with Crippen LogP contribution in [0.1, 0.15) is 48.0 Å². The van der Waals surface area contributed by atoms with Crippen LogP contribution in [0.4, 0.5) is 0 Å². The fraction of sp³-hybridized carbons (Fsp3) is 0.429. The van der Waals surface area contributed by atoms with Gasteiger partial charge in [0.1, 0.15) is 11.0 Å². The monoisotopic (exact) mass is 479 g/mol. The molecule has 2 rings (SSSR count). The van der Waals surface area contributed by atoms with Gasteiger partial charge < -0.3 is 4.43 Å². The number of terminal acetylenes is 2. The number of benzene rings is 2. The highest BCUT2D eigenvalue weighted by molar-refractivity contribution is 7.84. The first-order chi connectivity index (χ1) is 15.5. The first-order valence-electron chi connectivity index (χ1n) is 11.3. The molecule has 3 nitrogen and oxygen atoms in total. The second-order valence-electron chi connectivity index (χ2n) is 10.1. The minimum atomic E-state index is -2.65. The molecule has 176 valence electrons. The topological polar surface area (TPSA) is 29.5 Å². The van der Waals surface area contributed by atoms with Crippen molar-refractivity contribution in [2.24, 2.45) is 0 Å². The van der Waals surface area contributed by atoms with Gasteiger partial charge in [-0.2, -0.15) is 4.31 Å². The quantitative estimate of drug-likeness (QED) is 0.395. The zero-order valence-electron chi connectivity index (χ0n) is 20.8. The summed E-state index contributed by atoms with van der Waals surface area (Å²) in [6.45, 7) is 13.2. The average molecular weight is 480 g/mol. The summed E-state index contributed by atoms with van der Waals surface area (Å²) in [4.78, 5) is 0. The average Bonchev–Trinajstić information content (AvgIpc) is 2.77. The van der Waals surface area contributed by atoms with E-state index < -0.39 is 24.1 Å². The minimum Gasteiger partial charge on any atom is -0.407 e. The summed E-state index contributed by atoms with van der Waals surface area (Å²) in [5.41, 5.74) is 0.